The first-order chi connectivity index (χ1) is 14.2. The van der Waals surface area contributed by atoms with Gasteiger partial charge < -0.3 is 15.0 Å². The van der Waals surface area contributed by atoms with Crippen molar-refractivity contribution in [2.24, 2.45) is 0 Å². The molecule has 0 unspecified atom stereocenters. The lowest BCUT2D eigenvalue weighted by Crippen LogP contribution is -2.49. The summed E-state index contributed by atoms with van der Waals surface area (Å²) in [5.41, 5.74) is 1.48. The molecule has 0 heterocycles. The molecule has 0 radical (unpaired) electrons. The number of carbonyl (C=O) groups excluding carboxylic acids is 2. The lowest BCUT2D eigenvalue weighted by Gasteiger charge is -2.28. The van der Waals surface area contributed by atoms with Crippen LogP contribution in [-0.4, -0.2) is 35.9 Å². The molecule has 0 aliphatic heterocycles. The fourth-order valence-electron chi connectivity index (χ4n) is 2.93. The van der Waals surface area contributed by atoms with E-state index in [9.17, 15) is 14.0 Å². The molecule has 0 spiro atoms. The summed E-state index contributed by atoms with van der Waals surface area (Å²) in [6.45, 7) is 7.76. The summed E-state index contributed by atoms with van der Waals surface area (Å²) < 4.78 is 20.6. The zero-order chi connectivity index (χ0) is 22.3. The van der Waals surface area contributed by atoms with Crippen molar-refractivity contribution in [1.82, 2.24) is 10.2 Å². The summed E-state index contributed by atoms with van der Waals surface area (Å²) >= 11 is 3.48. The highest BCUT2D eigenvalue weighted by molar-refractivity contribution is 9.10. The predicted octanol–water partition coefficient (Wildman–Crippen LogP) is 4.64. The first-order valence-corrected chi connectivity index (χ1v) is 10.8. The predicted molar refractivity (Wildman–Crippen MR) is 119 cm³/mol. The van der Waals surface area contributed by atoms with Gasteiger partial charge in [0.25, 0.3) is 5.91 Å². The van der Waals surface area contributed by atoms with E-state index >= 15 is 0 Å². The quantitative estimate of drug-likeness (QED) is 0.570. The molecule has 162 valence electrons. The van der Waals surface area contributed by atoms with Crippen molar-refractivity contribution in [2.75, 3.05) is 13.2 Å². The third-order valence-electron chi connectivity index (χ3n) is 4.79. The number of hydrogen-bond donors (Lipinski definition) is 1. The van der Waals surface area contributed by atoms with Crippen molar-refractivity contribution in [3.63, 3.8) is 0 Å². The fraction of sp³-hybridized carbons (Fsp3) is 0.391. The van der Waals surface area contributed by atoms with E-state index < -0.39 is 17.8 Å². The third kappa shape index (κ3) is 6.29. The van der Waals surface area contributed by atoms with Crippen LogP contribution in [0, 0.1) is 5.82 Å². The summed E-state index contributed by atoms with van der Waals surface area (Å²) in [4.78, 5) is 26.6. The molecule has 2 amide bonds. The maximum atomic E-state index is 14.2. The monoisotopic (exact) mass is 478 g/mol. The number of likely N-dealkylation sites (N-methyl/N-ethyl adjacent to an activating group) is 1. The van der Waals surface area contributed by atoms with Crippen molar-refractivity contribution in [2.45, 2.75) is 46.2 Å². The molecular formula is C23H28BrFN2O3. The molecular weight excluding hydrogens is 451 g/mol. The maximum absolute atomic E-state index is 14.2. The van der Waals surface area contributed by atoms with E-state index in [0.717, 1.165) is 10.0 Å². The summed E-state index contributed by atoms with van der Waals surface area (Å²) in [6, 6.07) is 11.2. The normalized spacial score (nSPS) is 11.8. The number of ether oxygens (including phenoxy) is 1. The van der Waals surface area contributed by atoms with Crippen LogP contribution in [0.25, 0.3) is 0 Å². The van der Waals surface area contributed by atoms with Crippen LogP contribution in [-0.2, 0) is 16.1 Å². The van der Waals surface area contributed by atoms with Gasteiger partial charge >= 0.3 is 0 Å². The average molecular weight is 479 g/mol. The SMILES string of the molecule is CCNC(=O)[C@@H](C)N(Cc1ccccc1F)C(=O)COc1ccc(C(C)C)cc1Br. The number of benzene rings is 2. The molecule has 0 aromatic heterocycles. The highest BCUT2D eigenvalue weighted by Gasteiger charge is 2.27. The molecule has 0 fully saturated rings. The van der Waals surface area contributed by atoms with Gasteiger partial charge in [-0.25, -0.2) is 4.39 Å². The van der Waals surface area contributed by atoms with Gasteiger partial charge in [0.15, 0.2) is 6.61 Å². The molecule has 0 aliphatic carbocycles. The smallest absolute Gasteiger partial charge is 0.261 e. The van der Waals surface area contributed by atoms with Crippen molar-refractivity contribution in [3.05, 3.63) is 63.9 Å². The Morgan fingerprint density at radius 2 is 1.87 bits per heavy atom. The second kappa shape index (κ2) is 11.1. The number of hydrogen-bond acceptors (Lipinski definition) is 3. The van der Waals surface area contributed by atoms with Crippen LogP contribution in [0.15, 0.2) is 46.9 Å². The Bertz CT molecular complexity index is 889. The zero-order valence-corrected chi connectivity index (χ0v) is 19.3. The topological polar surface area (TPSA) is 58.6 Å². The Labute approximate surface area is 185 Å². The number of amides is 2. The molecule has 2 rings (SSSR count). The van der Waals surface area contributed by atoms with Gasteiger partial charge in [-0.1, -0.05) is 38.1 Å². The van der Waals surface area contributed by atoms with E-state index in [0.29, 0.717) is 23.8 Å². The highest BCUT2D eigenvalue weighted by Crippen LogP contribution is 2.29. The van der Waals surface area contributed by atoms with Crippen LogP contribution in [0.2, 0.25) is 0 Å². The van der Waals surface area contributed by atoms with Gasteiger partial charge in [0.1, 0.15) is 17.6 Å². The van der Waals surface area contributed by atoms with Crippen LogP contribution < -0.4 is 10.1 Å². The standard InChI is InChI=1S/C23H28BrFN2O3/c1-5-26-23(29)16(4)27(13-18-8-6-7-9-20(18)25)22(28)14-30-21-11-10-17(15(2)3)12-19(21)24/h6-12,15-16H,5,13-14H2,1-4H3,(H,26,29)/t16-/m1/s1. The lowest BCUT2D eigenvalue weighted by molar-refractivity contribution is -0.142. The molecule has 2 aromatic rings. The molecule has 0 bridgehead atoms. The number of nitrogens with one attached hydrogen (secondary N) is 1. The molecule has 0 aliphatic rings. The van der Waals surface area contributed by atoms with Crippen molar-refractivity contribution in [3.8, 4) is 5.75 Å². The Hall–Kier alpha value is -2.41. The minimum absolute atomic E-state index is 0.0272. The molecule has 7 heteroatoms. The number of rotatable bonds is 9. The van der Waals surface area contributed by atoms with E-state index in [1.807, 2.05) is 12.1 Å². The van der Waals surface area contributed by atoms with Crippen LogP contribution in [0.5, 0.6) is 5.75 Å². The molecule has 30 heavy (non-hydrogen) atoms. The molecule has 2 aromatic carbocycles. The van der Waals surface area contributed by atoms with Gasteiger partial charge in [0.05, 0.1) is 4.47 Å². The van der Waals surface area contributed by atoms with Crippen molar-refractivity contribution >= 4 is 27.7 Å². The molecule has 1 atom stereocenters. The van der Waals surface area contributed by atoms with Gasteiger partial charge in [-0.2, -0.15) is 0 Å². The summed E-state index contributed by atoms with van der Waals surface area (Å²) in [5.74, 6) is -0.233. The van der Waals surface area contributed by atoms with E-state index in [4.69, 9.17) is 4.74 Å². The summed E-state index contributed by atoms with van der Waals surface area (Å²) in [5, 5.41) is 2.71. The molecule has 0 saturated heterocycles. The average Bonchev–Trinajstić information content (AvgIpc) is 2.71. The van der Waals surface area contributed by atoms with E-state index in [-0.39, 0.29) is 19.1 Å². The van der Waals surface area contributed by atoms with Crippen LogP contribution in [0.3, 0.4) is 0 Å². The molecule has 1 N–H and O–H groups in total. The molecule has 5 nitrogen and oxygen atoms in total. The Morgan fingerprint density at radius 3 is 2.47 bits per heavy atom. The van der Waals surface area contributed by atoms with Crippen molar-refractivity contribution < 1.29 is 18.7 Å². The largest absolute Gasteiger partial charge is 0.483 e. The Morgan fingerprint density at radius 1 is 1.17 bits per heavy atom. The number of nitrogens with zero attached hydrogens (tertiary/aromatic N) is 1. The van der Waals surface area contributed by atoms with Gasteiger partial charge in [0, 0.05) is 18.7 Å². The Balaban J connectivity index is 2.17. The summed E-state index contributed by atoms with van der Waals surface area (Å²) in [6.07, 6.45) is 0. The van der Waals surface area contributed by atoms with Crippen LogP contribution >= 0.6 is 15.9 Å². The lowest BCUT2D eigenvalue weighted by atomic mass is 10.0. The van der Waals surface area contributed by atoms with E-state index in [1.165, 1.54) is 11.0 Å². The summed E-state index contributed by atoms with van der Waals surface area (Å²) in [7, 11) is 0. The fourth-order valence-corrected chi connectivity index (χ4v) is 3.44. The third-order valence-corrected chi connectivity index (χ3v) is 5.41. The minimum Gasteiger partial charge on any atom is -0.483 e. The second-order valence-electron chi connectivity index (χ2n) is 7.32. The van der Waals surface area contributed by atoms with Crippen LogP contribution in [0.1, 0.15) is 44.7 Å². The van der Waals surface area contributed by atoms with Gasteiger partial charge in [0.2, 0.25) is 5.91 Å². The van der Waals surface area contributed by atoms with E-state index in [1.54, 1.807) is 38.1 Å². The number of halogens is 2. The van der Waals surface area contributed by atoms with E-state index in [2.05, 4.69) is 35.1 Å². The number of carbonyl (C=O) groups is 2. The maximum Gasteiger partial charge on any atom is 0.261 e. The highest BCUT2D eigenvalue weighted by atomic mass is 79.9. The van der Waals surface area contributed by atoms with Crippen molar-refractivity contribution in [1.29, 1.82) is 0 Å². The van der Waals surface area contributed by atoms with Gasteiger partial charge in [-0.05, 0) is 59.5 Å². The van der Waals surface area contributed by atoms with Crippen LogP contribution in [0.4, 0.5) is 4.39 Å². The van der Waals surface area contributed by atoms with Gasteiger partial charge in [-0.15, -0.1) is 0 Å². The Kier molecular flexibility index (Phi) is 8.84. The second-order valence-corrected chi connectivity index (χ2v) is 8.17. The first kappa shape index (κ1) is 23.9. The minimum atomic E-state index is -0.771. The first-order valence-electron chi connectivity index (χ1n) is 9.97. The molecule has 0 saturated carbocycles. The van der Waals surface area contributed by atoms with Gasteiger partial charge in [-0.3, -0.25) is 9.59 Å². The zero-order valence-electron chi connectivity index (χ0n) is 17.7.